The van der Waals surface area contributed by atoms with Gasteiger partial charge in [-0.25, -0.2) is 0 Å². The second-order valence-electron chi connectivity index (χ2n) is 4.53. The van der Waals surface area contributed by atoms with Crippen LogP contribution in [0.1, 0.15) is 39.0 Å². The summed E-state index contributed by atoms with van der Waals surface area (Å²) in [5, 5.41) is 3.73. The van der Waals surface area contributed by atoms with Crippen molar-refractivity contribution in [3.8, 4) is 0 Å². The molecule has 1 atom stereocenters. The Morgan fingerprint density at radius 1 is 1.15 bits per heavy atom. The summed E-state index contributed by atoms with van der Waals surface area (Å²) in [5.41, 5.74) is 0. The van der Waals surface area contributed by atoms with E-state index in [0.717, 1.165) is 25.2 Å². The molecule has 0 aromatic rings. The Morgan fingerprint density at radius 3 is 2.38 bits per heavy atom. The summed E-state index contributed by atoms with van der Waals surface area (Å²) in [6.07, 6.45) is 6.72. The fourth-order valence-corrected chi connectivity index (χ4v) is 2.30. The van der Waals surface area contributed by atoms with E-state index in [4.69, 9.17) is 4.74 Å². The summed E-state index contributed by atoms with van der Waals surface area (Å²) in [7, 11) is 0. The van der Waals surface area contributed by atoms with Gasteiger partial charge in [0, 0.05) is 25.3 Å². The summed E-state index contributed by atoms with van der Waals surface area (Å²) in [5.74, 6) is 0.856. The van der Waals surface area contributed by atoms with Crippen LogP contribution in [0.4, 0.5) is 0 Å². The molecule has 1 saturated heterocycles. The van der Waals surface area contributed by atoms with Gasteiger partial charge >= 0.3 is 0 Å². The minimum Gasteiger partial charge on any atom is -0.381 e. The van der Waals surface area contributed by atoms with Crippen molar-refractivity contribution in [3.63, 3.8) is 0 Å². The summed E-state index contributed by atoms with van der Waals surface area (Å²) < 4.78 is 5.37. The Hall–Kier alpha value is -0.0800. The second-order valence-corrected chi connectivity index (χ2v) is 4.53. The Labute approximate surface area is 81.0 Å². The van der Waals surface area contributed by atoms with Gasteiger partial charge in [0.1, 0.15) is 0 Å². The van der Waals surface area contributed by atoms with Crippen LogP contribution in [0.15, 0.2) is 0 Å². The van der Waals surface area contributed by atoms with Crippen molar-refractivity contribution in [1.29, 1.82) is 0 Å². The number of hydrogen-bond acceptors (Lipinski definition) is 2. The standard InChI is InChI=1S/C11H21NO/c1-9(12-11-3-2-4-11)10-5-7-13-8-6-10/h9-12H,2-8H2,1H3. The van der Waals surface area contributed by atoms with Crippen LogP contribution in [-0.4, -0.2) is 25.3 Å². The Balaban J connectivity index is 1.70. The molecule has 1 aliphatic heterocycles. The zero-order valence-electron chi connectivity index (χ0n) is 8.59. The molecule has 1 N–H and O–H groups in total. The van der Waals surface area contributed by atoms with E-state index >= 15 is 0 Å². The largest absolute Gasteiger partial charge is 0.381 e. The van der Waals surface area contributed by atoms with Gasteiger partial charge in [-0.15, -0.1) is 0 Å². The molecule has 76 valence electrons. The number of nitrogens with one attached hydrogen (secondary N) is 1. The minimum absolute atomic E-state index is 0.703. The van der Waals surface area contributed by atoms with Crippen LogP contribution in [0, 0.1) is 5.92 Å². The SMILES string of the molecule is CC(NC1CCC1)C1CCOCC1. The Morgan fingerprint density at radius 2 is 1.85 bits per heavy atom. The molecular formula is C11H21NO. The molecule has 0 aromatic carbocycles. The maximum absolute atomic E-state index is 5.37. The topological polar surface area (TPSA) is 21.3 Å². The van der Waals surface area contributed by atoms with Crippen LogP contribution in [-0.2, 0) is 4.74 Å². The lowest BCUT2D eigenvalue weighted by Gasteiger charge is -2.35. The molecule has 13 heavy (non-hydrogen) atoms. The summed E-state index contributed by atoms with van der Waals surface area (Å²) in [6, 6.07) is 1.53. The van der Waals surface area contributed by atoms with E-state index in [1.807, 2.05) is 0 Å². The summed E-state index contributed by atoms with van der Waals surface area (Å²) in [6.45, 7) is 4.29. The van der Waals surface area contributed by atoms with E-state index in [-0.39, 0.29) is 0 Å². The van der Waals surface area contributed by atoms with Crippen molar-refractivity contribution < 1.29 is 4.74 Å². The predicted octanol–water partition coefficient (Wildman–Crippen LogP) is 1.94. The first kappa shape index (κ1) is 9.47. The quantitative estimate of drug-likeness (QED) is 0.722. The van der Waals surface area contributed by atoms with Gasteiger partial charge in [-0.2, -0.15) is 0 Å². The minimum atomic E-state index is 0.703. The van der Waals surface area contributed by atoms with E-state index in [1.165, 1.54) is 32.1 Å². The molecule has 1 aliphatic carbocycles. The highest BCUT2D eigenvalue weighted by Crippen LogP contribution is 2.23. The van der Waals surface area contributed by atoms with Gasteiger partial charge in [-0.3, -0.25) is 0 Å². The zero-order chi connectivity index (χ0) is 9.10. The van der Waals surface area contributed by atoms with Crippen molar-refractivity contribution >= 4 is 0 Å². The van der Waals surface area contributed by atoms with Crippen molar-refractivity contribution in [2.24, 2.45) is 5.92 Å². The van der Waals surface area contributed by atoms with Gasteiger partial charge < -0.3 is 10.1 Å². The first-order valence-corrected chi connectivity index (χ1v) is 5.70. The zero-order valence-corrected chi connectivity index (χ0v) is 8.59. The molecule has 2 fully saturated rings. The van der Waals surface area contributed by atoms with Gasteiger partial charge in [-0.1, -0.05) is 6.42 Å². The van der Waals surface area contributed by atoms with Gasteiger partial charge in [0.15, 0.2) is 0 Å². The third-order valence-electron chi connectivity index (χ3n) is 3.58. The van der Waals surface area contributed by atoms with E-state index in [0.29, 0.717) is 6.04 Å². The molecule has 0 aromatic heterocycles. The van der Waals surface area contributed by atoms with E-state index in [1.54, 1.807) is 0 Å². The van der Waals surface area contributed by atoms with Crippen LogP contribution >= 0.6 is 0 Å². The number of rotatable bonds is 3. The molecule has 1 saturated carbocycles. The molecule has 0 amide bonds. The van der Waals surface area contributed by atoms with E-state index in [2.05, 4.69) is 12.2 Å². The van der Waals surface area contributed by atoms with E-state index < -0.39 is 0 Å². The number of hydrogen-bond donors (Lipinski definition) is 1. The Bertz CT molecular complexity index is 150. The third kappa shape index (κ3) is 2.44. The Kier molecular flexibility index (Phi) is 3.23. The van der Waals surface area contributed by atoms with Crippen molar-refractivity contribution in [2.75, 3.05) is 13.2 Å². The van der Waals surface area contributed by atoms with Crippen molar-refractivity contribution in [1.82, 2.24) is 5.32 Å². The molecule has 0 bridgehead atoms. The molecule has 0 radical (unpaired) electrons. The van der Waals surface area contributed by atoms with Crippen LogP contribution < -0.4 is 5.32 Å². The molecule has 1 unspecified atom stereocenters. The molecule has 2 nitrogen and oxygen atoms in total. The summed E-state index contributed by atoms with van der Waals surface area (Å²) >= 11 is 0. The highest BCUT2D eigenvalue weighted by molar-refractivity contribution is 4.83. The van der Waals surface area contributed by atoms with Crippen LogP contribution in [0.2, 0.25) is 0 Å². The second kappa shape index (κ2) is 4.43. The average Bonchev–Trinajstić information content (AvgIpc) is 2.12. The maximum Gasteiger partial charge on any atom is 0.0469 e. The lowest BCUT2D eigenvalue weighted by Crippen LogP contribution is -2.45. The normalized spacial score (nSPS) is 28.4. The van der Waals surface area contributed by atoms with Gasteiger partial charge in [-0.05, 0) is 38.5 Å². The highest BCUT2D eigenvalue weighted by Gasteiger charge is 2.25. The highest BCUT2D eigenvalue weighted by atomic mass is 16.5. The van der Waals surface area contributed by atoms with Crippen LogP contribution in [0.25, 0.3) is 0 Å². The first-order chi connectivity index (χ1) is 6.36. The third-order valence-corrected chi connectivity index (χ3v) is 3.58. The van der Waals surface area contributed by atoms with Gasteiger partial charge in [0.25, 0.3) is 0 Å². The van der Waals surface area contributed by atoms with Gasteiger partial charge in [0.2, 0.25) is 0 Å². The molecular weight excluding hydrogens is 162 g/mol. The lowest BCUT2D eigenvalue weighted by molar-refractivity contribution is 0.0526. The predicted molar refractivity (Wildman–Crippen MR) is 53.8 cm³/mol. The van der Waals surface area contributed by atoms with E-state index in [9.17, 15) is 0 Å². The fourth-order valence-electron chi connectivity index (χ4n) is 2.30. The average molecular weight is 183 g/mol. The summed E-state index contributed by atoms with van der Waals surface area (Å²) in [4.78, 5) is 0. The molecule has 1 heterocycles. The van der Waals surface area contributed by atoms with Gasteiger partial charge in [0.05, 0.1) is 0 Å². The van der Waals surface area contributed by atoms with Crippen molar-refractivity contribution in [2.45, 2.75) is 51.1 Å². The fraction of sp³-hybridized carbons (Fsp3) is 1.00. The number of ether oxygens (including phenoxy) is 1. The lowest BCUT2D eigenvalue weighted by atomic mass is 9.88. The molecule has 0 spiro atoms. The smallest absolute Gasteiger partial charge is 0.0469 e. The maximum atomic E-state index is 5.37. The first-order valence-electron chi connectivity index (χ1n) is 5.70. The monoisotopic (exact) mass is 183 g/mol. The van der Waals surface area contributed by atoms with Crippen LogP contribution in [0.5, 0.6) is 0 Å². The molecule has 2 heteroatoms. The molecule has 2 aliphatic rings. The van der Waals surface area contributed by atoms with Crippen LogP contribution in [0.3, 0.4) is 0 Å². The van der Waals surface area contributed by atoms with Crippen molar-refractivity contribution in [3.05, 3.63) is 0 Å². The molecule has 2 rings (SSSR count).